The maximum absolute atomic E-state index is 11.9. The third-order valence-corrected chi connectivity index (χ3v) is 3.76. The number of rotatable bonds is 7. The number of benzene rings is 1. The summed E-state index contributed by atoms with van der Waals surface area (Å²) < 4.78 is 0. The molecule has 2 N–H and O–H groups in total. The van der Waals surface area contributed by atoms with Gasteiger partial charge in [0.1, 0.15) is 0 Å². The zero-order valence-electron chi connectivity index (χ0n) is 12.5. The van der Waals surface area contributed by atoms with Crippen LogP contribution in [0.1, 0.15) is 18.9 Å². The van der Waals surface area contributed by atoms with E-state index in [0.717, 1.165) is 22.7 Å². The highest BCUT2D eigenvalue weighted by Gasteiger charge is 2.05. The van der Waals surface area contributed by atoms with Crippen LogP contribution in [0.2, 0.25) is 0 Å². The number of nitrogens with one attached hydrogen (secondary N) is 2. The molecule has 0 fully saturated rings. The number of nitrogens with zero attached hydrogens (tertiary/aromatic N) is 1. The van der Waals surface area contributed by atoms with E-state index in [1.807, 2.05) is 54.6 Å². The molecular weight excluding hydrogens is 294 g/mol. The molecule has 22 heavy (non-hydrogen) atoms. The van der Waals surface area contributed by atoms with Gasteiger partial charge in [-0.15, -0.1) is 0 Å². The summed E-state index contributed by atoms with van der Waals surface area (Å²) in [5.41, 5.74) is 7.68. The smallest absolute Gasteiger partial charge is 0.248 e. The van der Waals surface area contributed by atoms with Crippen LogP contribution in [0.15, 0.2) is 65.8 Å². The van der Waals surface area contributed by atoms with Crippen LogP contribution in [0.5, 0.6) is 0 Å². The van der Waals surface area contributed by atoms with Gasteiger partial charge in [0.25, 0.3) is 0 Å². The van der Waals surface area contributed by atoms with Gasteiger partial charge in [-0.25, -0.2) is 4.98 Å². The predicted molar refractivity (Wildman–Crippen MR) is 90.9 cm³/mol. The largest absolute Gasteiger partial charge is 0.298 e. The number of pyridine rings is 1. The molecule has 0 saturated carbocycles. The van der Waals surface area contributed by atoms with Crippen LogP contribution in [0.3, 0.4) is 0 Å². The van der Waals surface area contributed by atoms with Crippen molar-refractivity contribution in [1.82, 2.24) is 15.8 Å². The first-order chi connectivity index (χ1) is 10.8. The molecule has 0 saturated heterocycles. The molecule has 0 aliphatic rings. The van der Waals surface area contributed by atoms with Gasteiger partial charge in [-0.1, -0.05) is 61.2 Å². The molecule has 1 heterocycles. The van der Waals surface area contributed by atoms with Crippen LogP contribution >= 0.6 is 11.8 Å². The Labute approximate surface area is 135 Å². The summed E-state index contributed by atoms with van der Waals surface area (Å²) in [4.78, 5) is 16.1. The van der Waals surface area contributed by atoms with Crippen molar-refractivity contribution in [3.63, 3.8) is 0 Å². The second-order valence-corrected chi connectivity index (χ2v) is 5.52. The number of amides is 1. The Bertz CT molecular complexity index is 614. The molecular formula is C17H19N3OS. The minimum absolute atomic E-state index is 0.0893. The van der Waals surface area contributed by atoms with Crippen molar-refractivity contribution >= 4 is 23.4 Å². The third kappa shape index (κ3) is 5.26. The van der Waals surface area contributed by atoms with Gasteiger partial charge in [-0.3, -0.25) is 15.6 Å². The number of hydrazine groups is 1. The fourth-order valence-electron chi connectivity index (χ4n) is 1.81. The van der Waals surface area contributed by atoms with Crippen LogP contribution in [-0.2, 0) is 4.79 Å². The van der Waals surface area contributed by atoms with Crippen molar-refractivity contribution < 1.29 is 4.79 Å². The van der Waals surface area contributed by atoms with Crippen LogP contribution < -0.4 is 10.9 Å². The molecule has 114 valence electrons. The molecule has 0 radical (unpaired) electrons. The zero-order chi connectivity index (χ0) is 15.6. The second-order valence-electron chi connectivity index (χ2n) is 4.52. The average molecular weight is 313 g/mol. The van der Waals surface area contributed by atoms with Crippen molar-refractivity contribution in [3.8, 4) is 0 Å². The number of carbonyl (C=O) groups is 1. The Morgan fingerprint density at radius 1 is 1.14 bits per heavy atom. The lowest BCUT2D eigenvalue weighted by molar-refractivity contribution is -0.119. The maximum Gasteiger partial charge on any atom is 0.248 e. The van der Waals surface area contributed by atoms with E-state index in [0.29, 0.717) is 5.75 Å². The Morgan fingerprint density at radius 2 is 1.91 bits per heavy atom. The van der Waals surface area contributed by atoms with E-state index in [4.69, 9.17) is 0 Å². The van der Waals surface area contributed by atoms with Crippen molar-refractivity contribution in [2.75, 3.05) is 5.75 Å². The minimum Gasteiger partial charge on any atom is -0.298 e. The van der Waals surface area contributed by atoms with E-state index >= 15 is 0 Å². The van der Waals surface area contributed by atoms with Crippen LogP contribution in [0.25, 0.3) is 5.70 Å². The van der Waals surface area contributed by atoms with Crippen LogP contribution in [0.4, 0.5) is 0 Å². The van der Waals surface area contributed by atoms with E-state index in [-0.39, 0.29) is 5.91 Å². The molecule has 2 rings (SSSR count). The van der Waals surface area contributed by atoms with Gasteiger partial charge in [0.2, 0.25) is 5.91 Å². The van der Waals surface area contributed by atoms with Gasteiger partial charge in [-0.05, 0) is 24.1 Å². The first-order valence-corrected chi connectivity index (χ1v) is 8.12. The van der Waals surface area contributed by atoms with E-state index in [9.17, 15) is 4.79 Å². The highest BCUT2D eigenvalue weighted by molar-refractivity contribution is 7.99. The molecule has 1 aromatic carbocycles. The van der Waals surface area contributed by atoms with Crippen LogP contribution in [-0.4, -0.2) is 16.6 Å². The van der Waals surface area contributed by atoms with Crippen LogP contribution in [0, 0.1) is 0 Å². The monoisotopic (exact) mass is 313 g/mol. The number of carbonyl (C=O) groups excluding carboxylic acids is 1. The molecule has 0 unspecified atom stereocenters. The van der Waals surface area contributed by atoms with Gasteiger partial charge < -0.3 is 0 Å². The summed E-state index contributed by atoms with van der Waals surface area (Å²) in [6.07, 6.45) is 4.65. The van der Waals surface area contributed by atoms with E-state index < -0.39 is 0 Å². The lowest BCUT2D eigenvalue weighted by Gasteiger charge is -2.12. The fourth-order valence-corrected chi connectivity index (χ4v) is 2.47. The molecule has 0 bridgehead atoms. The summed E-state index contributed by atoms with van der Waals surface area (Å²) >= 11 is 1.41. The highest BCUT2D eigenvalue weighted by Crippen LogP contribution is 2.13. The van der Waals surface area contributed by atoms with Gasteiger partial charge in [0, 0.05) is 6.20 Å². The van der Waals surface area contributed by atoms with E-state index in [2.05, 4.69) is 22.8 Å². The molecule has 1 amide bonds. The summed E-state index contributed by atoms with van der Waals surface area (Å²) in [6, 6.07) is 15.6. The predicted octanol–water partition coefficient (Wildman–Crippen LogP) is 3.25. The lowest BCUT2D eigenvalue weighted by Crippen LogP contribution is -2.37. The van der Waals surface area contributed by atoms with E-state index in [1.165, 1.54) is 11.8 Å². The van der Waals surface area contributed by atoms with Crippen molar-refractivity contribution in [2.24, 2.45) is 0 Å². The van der Waals surface area contributed by atoms with Crippen molar-refractivity contribution in [2.45, 2.75) is 18.4 Å². The molecule has 5 heteroatoms. The number of hydrogen-bond acceptors (Lipinski definition) is 4. The standard InChI is InChI=1S/C17H19N3OS/c1-2-8-15(14-9-4-3-5-10-14)19-20-16(21)13-22-17-11-6-7-12-18-17/h3-12,19H,2,13H2,1H3,(H,20,21)/b15-8-. The quantitative estimate of drug-likeness (QED) is 0.608. The Hall–Kier alpha value is -2.27. The van der Waals surface area contributed by atoms with Gasteiger partial charge in [0.15, 0.2) is 0 Å². The summed E-state index contributed by atoms with van der Waals surface area (Å²) in [7, 11) is 0. The number of aromatic nitrogens is 1. The SMILES string of the molecule is CC/C=C(\NNC(=O)CSc1ccccn1)c1ccccc1. The molecule has 0 aliphatic heterocycles. The summed E-state index contributed by atoms with van der Waals surface area (Å²) in [5.74, 6) is 0.228. The molecule has 0 spiro atoms. The number of hydrogen-bond donors (Lipinski definition) is 2. The lowest BCUT2D eigenvalue weighted by atomic mass is 10.1. The Morgan fingerprint density at radius 3 is 2.59 bits per heavy atom. The Kier molecular flexibility index (Phi) is 6.51. The average Bonchev–Trinajstić information content (AvgIpc) is 2.58. The van der Waals surface area contributed by atoms with Crippen molar-refractivity contribution in [3.05, 3.63) is 66.4 Å². The van der Waals surface area contributed by atoms with E-state index in [1.54, 1.807) is 6.20 Å². The van der Waals surface area contributed by atoms with Crippen molar-refractivity contribution in [1.29, 1.82) is 0 Å². The minimum atomic E-state index is -0.0893. The molecule has 2 aromatic rings. The third-order valence-electron chi connectivity index (χ3n) is 2.82. The first kappa shape index (κ1) is 16.1. The second kappa shape index (κ2) is 8.89. The molecule has 4 nitrogen and oxygen atoms in total. The normalized spacial score (nSPS) is 11.0. The number of thioether (sulfide) groups is 1. The summed E-state index contributed by atoms with van der Waals surface area (Å²) in [6.45, 7) is 2.06. The molecule has 0 aliphatic carbocycles. The first-order valence-electron chi connectivity index (χ1n) is 7.14. The fraction of sp³-hybridized carbons (Fsp3) is 0.176. The topological polar surface area (TPSA) is 54.0 Å². The molecule has 0 atom stereocenters. The highest BCUT2D eigenvalue weighted by atomic mass is 32.2. The van der Waals surface area contributed by atoms with Gasteiger partial charge >= 0.3 is 0 Å². The Balaban J connectivity index is 1.85. The maximum atomic E-state index is 11.9. The summed E-state index contributed by atoms with van der Waals surface area (Å²) in [5, 5.41) is 0.838. The molecule has 1 aromatic heterocycles. The zero-order valence-corrected chi connectivity index (χ0v) is 13.3. The number of allylic oxidation sites excluding steroid dienone is 1. The van der Waals surface area contributed by atoms with Gasteiger partial charge in [0.05, 0.1) is 16.5 Å². The van der Waals surface area contributed by atoms with Gasteiger partial charge in [-0.2, -0.15) is 0 Å².